The van der Waals surface area contributed by atoms with Gasteiger partial charge in [-0.3, -0.25) is 11.3 Å². The summed E-state index contributed by atoms with van der Waals surface area (Å²) in [5.41, 5.74) is 5.05. The molecule has 108 valence electrons. The van der Waals surface area contributed by atoms with Gasteiger partial charge in [0.1, 0.15) is 0 Å². The molecule has 1 aromatic carbocycles. The van der Waals surface area contributed by atoms with Crippen molar-refractivity contribution in [2.75, 3.05) is 0 Å². The lowest BCUT2D eigenvalue weighted by Crippen LogP contribution is -2.38. The molecule has 1 aromatic heterocycles. The number of halogens is 2. The van der Waals surface area contributed by atoms with Crippen LogP contribution >= 0.6 is 34.5 Å². The summed E-state index contributed by atoms with van der Waals surface area (Å²) in [5.74, 6) is 5.65. The van der Waals surface area contributed by atoms with Crippen molar-refractivity contribution in [1.29, 1.82) is 0 Å². The first-order chi connectivity index (χ1) is 9.49. The topological polar surface area (TPSA) is 50.9 Å². The lowest BCUT2D eigenvalue weighted by molar-refractivity contribution is 0.521. The lowest BCUT2D eigenvalue weighted by Gasteiger charge is -2.15. The van der Waals surface area contributed by atoms with Gasteiger partial charge < -0.3 is 0 Å². The van der Waals surface area contributed by atoms with Crippen LogP contribution in [-0.4, -0.2) is 11.0 Å². The number of hydrogen-bond donors (Lipinski definition) is 2. The van der Waals surface area contributed by atoms with Gasteiger partial charge in [-0.05, 0) is 38.0 Å². The van der Waals surface area contributed by atoms with Crippen LogP contribution in [0.2, 0.25) is 10.0 Å². The summed E-state index contributed by atoms with van der Waals surface area (Å²) in [5, 5.41) is 2.24. The third-order valence-electron chi connectivity index (χ3n) is 3.20. The summed E-state index contributed by atoms with van der Waals surface area (Å²) in [7, 11) is 0. The number of nitrogens with zero attached hydrogens (tertiary/aromatic N) is 1. The highest BCUT2D eigenvalue weighted by molar-refractivity contribution is 7.11. The molecule has 0 spiro atoms. The number of aromatic nitrogens is 1. The highest BCUT2D eigenvalue weighted by Gasteiger charge is 2.13. The van der Waals surface area contributed by atoms with Crippen LogP contribution in [0.1, 0.15) is 21.1 Å². The van der Waals surface area contributed by atoms with E-state index in [1.54, 1.807) is 11.3 Å². The number of hydrazine groups is 1. The zero-order valence-corrected chi connectivity index (χ0v) is 13.7. The minimum atomic E-state index is 0.122. The van der Waals surface area contributed by atoms with Gasteiger partial charge in [-0.15, -0.1) is 11.3 Å². The second-order valence-corrected chi connectivity index (χ2v) is 6.87. The van der Waals surface area contributed by atoms with Gasteiger partial charge in [-0.1, -0.05) is 29.3 Å². The molecule has 6 heteroatoms. The van der Waals surface area contributed by atoms with E-state index in [4.69, 9.17) is 29.0 Å². The van der Waals surface area contributed by atoms with Crippen LogP contribution < -0.4 is 11.3 Å². The SMILES string of the molecule is Cc1nc(CC(Cc2ccc(Cl)c(Cl)c2)NN)sc1C. The van der Waals surface area contributed by atoms with E-state index in [9.17, 15) is 0 Å². The standard InChI is InChI=1S/C14H17Cl2N3S/c1-8-9(2)20-14(18-8)7-11(19-17)5-10-3-4-12(15)13(16)6-10/h3-4,6,11,19H,5,7,17H2,1-2H3. The molecule has 0 bridgehead atoms. The number of thiazole rings is 1. The number of nitrogens with two attached hydrogens (primary N) is 1. The van der Waals surface area contributed by atoms with Crippen molar-refractivity contribution >= 4 is 34.5 Å². The summed E-state index contributed by atoms with van der Waals surface area (Å²) >= 11 is 13.7. The van der Waals surface area contributed by atoms with Gasteiger partial charge in [0.2, 0.25) is 0 Å². The molecular weight excluding hydrogens is 313 g/mol. The van der Waals surface area contributed by atoms with Crippen molar-refractivity contribution in [3.63, 3.8) is 0 Å². The quantitative estimate of drug-likeness (QED) is 0.649. The third-order valence-corrected chi connectivity index (χ3v) is 5.03. The average molecular weight is 330 g/mol. The maximum atomic E-state index is 6.03. The number of hydrogen-bond acceptors (Lipinski definition) is 4. The van der Waals surface area contributed by atoms with E-state index in [-0.39, 0.29) is 6.04 Å². The fourth-order valence-corrected chi connectivity index (χ4v) is 3.31. The van der Waals surface area contributed by atoms with Crippen molar-refractivity contribution in [3.8, 4) is 0 Å². The first-order valence-corrected chi connectivity index (χ1v) is 7.89. The van der Waals surface area contributed by atoms with Crippen LogP contribution in [0.4, 0.5) is 0 Å². The van der Waals surface area contributed by atoms with E-state index < -0.39 is 0 Å². The lowest BCUT2D eigenvalue weighted by atomic mass is 10.0. The number of benzene rings is 1. The Hall–Kier alpha value is -0.650. The van der Waals surface area contributed by atoms with Crippen LogP contribution in [0, 0.1) is 13.8 Å². The molecular formula is C14H17Cl2N3S. The molecule has 20 heavy (non-hydrogen) atoms. The molecule has 0 saturated carbocycles. The van der Waals surface area contributed by atoms with Gasteiger partial charge in [-0.25, -0.2) is 4.98 Å². The Balaban J connectivity index is 2.06. The molecule has 0 radical (unpaired) electrons. The van der Waals surface area contributed by atoms with E-state index in [0.717, 1.165) is 29.1 Å². The zero-order valence-electron chi connectivity index (χ0n) is 11.4. The molecule has 0 aliphatic rings. The maximum absolute atomic E-state index is 6.03. The van der Waals surface area contributed by atoms with Crippen molar-refractivity contribution in [2.45, 2.75) is 32.7 Å². The summed E-state index contributed by atoms with van der Waals surface area (Å²) in [6, 6.07) is 5.78. The molecule has 0 aliphatic carbocycles. The van der Waals surface area contributed by atoms with Crippen LogP contribution in [-0.2, 0) is 12.8 Å². The van der Waals surface area contributed by atoms with Crippen molar-refractivity contribution in [2.24, 2.45) is 5.84 Å². The van der Waals surface area contributed by atoms with E-state index >= 15 is 0 Å². The molecule has 3 N–H and O–H groups in total. The molecule has 0 saturated heterocycles. The fraction of sp³-hybridized carbons (Fsp3) is 0.357. The Bertz CT molecular complexity index is 579. The summed E-state index contributed by atoms with van der Waals surface area (Å²) in [6.45, 7) is 4.11. The minimum Gasteiger partial charge on any atom is -0.271 e. The van der Waals surface area contributed by atoms with Gasteiger partial charge >= 0.3 is 0 Å². The van der Waals surface area contributed by atoms with E-state index in [2.05, 4.69) is 17.3 Å². The molecule has 0 amide bonds. The van der Waals surface area contributed by atoms with E-state index in [1.165, 1.54) is 4.88 Å². The highest BCUT2D eigenvalue weighted by atomic mass is 35.5. The summed E-state index contributed by atoms with van der Waals surface area (Å²) < 4.78 is 0. The molecule has 2 aromatic rings. The summed E-state index contributed by atoms with van der Waals surface area (Å²) in [6.07, 6.45) is 1.58. The average Bonchev–Trinajstić information content (AvgIpc) is 2.72. The van der Waals surface area contributed by atoms with Gasteiger partial charge in [0.05, 0.1) is 20.7 Å². The van der Waals surface area contributed by atoms with Crippen LogP contribution in [0.15, 0.2) is 18.2 Å². The van der Waals surface area contributed by atoms with E-state index in [0.29, 0.717) is 10.0 Å². The molecule has 0 fully saturated rings. The molecule has 3 nitrogen and oxygen atoms in total. The van der Waals surface area contributed by atoms with Crippen molar-refractivity contribution < 1.29 is 0 Å². The zero-order chi connectivity index (χ0) is 14.7. The monoisotopic (exact) mass is 329 g/mol. The normalized spacial score (nSPS) is 12.7. The van der Waals surface area contributed by atoms with Crippen LogP contribution in [0.5, 0.6) is 0 Å². The second kappa shape index (κ2) is 6.87. The van der Waals surface area contributed by atoms with Gasteiger partial charge in [0, 0.05) is 17.3 Å². The van der Waals surface area contributed by atoms with Gasteiger partial charge in [-0.2, -0.15) is 0 Å². The Morgan fingerprint density at radius 1 is 1.25 bits per heavy atom. The maximum Gasteiger partial charge on any atom is 0.0947 e. The van der Waals surface area contributed by atoms with Crippen molar-refractivity contribution in [3.05, 3.63) is 49.4 Å². The predicted octanol–water partition coefficient (Wildman–Crippen LogP) is 3.68. The highest BCUT2D eigenvalue weighted by Crippen LogP contribution is 2.24. The Labute approximate surface area is 133 Å². The first-order valence-electron chi connectivity index (χ1n) is 6.32. The first kappa shape index (κ1) is 15.7. The summed E-state index contributed by atoms with van der Waals surface area (Å²) in [4.78, 5) is 5.80. The van der Waals surface area contributed by atoms with E-state index in [1.807, 2.05) is 25.1 Å². The van der Waals surface area contributed by atoms with Gasteiger partial charge in [0.15, 0.2) is 0 Å². The largest absolute Gasteiger partial charge is 0.271 e. The van der Waals surface area contributed by atoms with Crippen molar-refractivity contribution in [1.82, 2.24) is 10.4 Å². The number of aryl methyl sites for hydroxylation is 2. The molecule has 1 unspecified atom stereocenters. The minimum absolute atomic E-state index is 0.122. The smallest absolute Gasteiger partial charge is 0.0947 e. The number of nitrogens with one attached hydrogen (secondary N) is 1. The van der Waals surface area contributed by atoms with Crippen LogP contribution in [0.3, 0.4) is 0 Å². The number of rotatable bonds is 5. The second-order valence-electron chi connectivity index (χ2n) is 4.77. The molecule has 1 heterocycles. The Kier molecular flexibility index (Phi) is 5.41. The third kappa shape index (κ3) is 3.93. The Morgan fingerprint density at radius 2 is 2.00 bits per heavy atom. The molecule has 0 aliphatic heterocycles. The molecule has 2 rings (SSSR count). The predicted molar refractivity (Wildman–Crippen MR) is 86.6 cm³/mol. The van der Waals surface area contributed by atoms with Crippen LogP contribution in [0.25, 0.3) is 0 Å². The Morgan fingerprint density at radius 3 is 2.55 bits per heavy atom. The van der Waals surface area contributed by atoms with Gasteiger partial charge in [0.25, 0.3) is 0 Å². The molecule has 1 atom stereocenters. The fourth-order valence-electron chi connectivity index (χ4n) is 1.98.